The molecular weight excluding hydrogens is 447 g/mol. The fourth-order valence-corrected chi connectivity index (χ4v) is 4.34. The maximum atomic E-state index is 14.9. The van der Waals surface area contributed by atoms with Gasteiger partial charge in [0, 0.05) is 49.7 Å². The van der Waals surface area contributed by atoms with E-state index in [2.05, 4.69) is 14.9 Å². The topological polar surface area (TPSA) is 76.4 Å². The largest absolute Gasteiger partial charge is 0.444 e. The molecule has 0 radical (unpaired) electrons. The summed E-state index contributed by atoms with van der Waals surface area (Å²) < 4.78 is 22.4. The van der Waals surface area contributed by atoms with Crippen molar-refractivity contribution in [1.29, 1.82) is 0 Å². The van der Waals surface area contributed by atoms with Gasteiger partial charge in [-0.3, -0.25) is 0 Å². The SMILES string of the molecule is CC(C)(C)OC(=O)N1CCN(c2nccc3c2c(-c2ccccc2F)cn3-c2cncnc2)CC1. The number of amides is 1. The maximum absolute atomic E-state index is 14.9. The van der Waals surface area contributed by atoms with Crippen molar-refractivity contribution in [2.75, 3.05) is 31.1 Å². The average Bonchev–Trinajstić information content (AvgIpc) is 3.24. The zero-order chi connectivity index (χ0) is 24.6. The Morgan fingerprint density at radius 2 is 1.71 bits per heavy atom. The molecule has 1 aliphatic rings. The Morgan fingerprint density at radius 1 is 1.00 bits per heavy atom. The van der Waals surface area contributed by atoms with Gasteiger partial charge in [-0.05, 0) is 32.9 Å². The molecule has 8 nitrogen and oxygen atoms in total. The summed E-state index contributed by atoms with van der Waals surface area (Å²) in [6, 6.07) is 8.64. The normalized spacial score (nSPS) is 14.4. The number of ether oxygens (including phenoxy) is 1. The van der Waals surface area contributed by atoms with Crippen LogP contribution in [0.2, 0.25) is 0 Å². The van der Waals surface area contributed by atoms with Gasteiger partial charge in [-0.25, -0.2) is 24.1 Å². The zero-order valence-electron chi connectivity index (χ0n) is 20.0. The standard InChI is InChI=1S/C26H27FN6O2/c1-26(2,3)35-25(34)32-12-10-31(11-13-32)24-23-20(19-6-4-5-7-21(19)27)16-33(22(23)8-9-30-24)18-14-28-17-29-15-18/h4-9,14-17H,10-13H2,1-3H3. The lowest BCUT2D eigenvalue weighted by Gasteiger charge is -2.36. The summed E-state index contributed by atoms with van der Waals surface area (Å²) in [4.78, 5) is 29.4. The van der Waals surface area contributed by atoms with E-state index >= 15 is 0 Å². The minimum absolute atomic E-state index is 0.305. The van der Waals surface area contributed by atoms with E-state index in [0.29, 0.717) is 31.7 Å². The summed E-state index contributed by atoms with van der Waals surface area (Å²) in [5.41, 5.74) is 2.33. The molecular formula is C26H27FN6O2. The van der Waals surface area contributed by atoms with Gasteiger partial charge in [0.1, 0.15) is 23.6 Å². The summed E-state index contributed by atoms with van der Waals surface area (Å²) in [6.07, 6.45) is 8.26. The zero-order valence-corrected chi connectivity index (χ0v) is 20.0. The molecule has 1 saturated heterocycles. The van der Waals surface area contributed by atoms with E-state index in [4.69, 9.17) is 9.72 Å². The van der Waals surface area contributed by atoms with E-state index in [1.54, 1.807) is 35.6 Å². The molecule has 0 spiro atoms. The highest BCUT2D eigenvalue weighted by Gasteiger charge is 2.28. The summed E-state index contributed by atoms with van der Waals surface area (Å²) in [5, 5.41) is 0.840. The van der Waals surface area contributed by atoms with Crippen LogP contribution in [0.3, 0.4) is 0 Å². The Hall–Kier alpha value is -4.01. The highest BCUT2D eigenvalue weighted by Crippen LogP contribution is 2.38. The lowest BCUT2D eigenvalue weighted by Crippen LogP contribution is -2.50. The quantitative estimate of drug-likeness (QED) is 0.429. The van der Waals surface area contributed by atoms with Crippen LogP contribution in [0.1, 0.15) is 20.8 Å². The summed E-state index contributed by atoms with van der Waals surface area (Å²) in [5.74, 6) is 0.445. The van der Waals surface area contributed by atoms with Gasteiger partial charge in [-0.2, -0.15) is 0 Å². The highest BCUT2D eigenvalue weighted by atomic mass is 19.1. The van der Waals surface area contributed by atoms with E-state index in [-0.39, 0.29) is 11.9 Å². The van der Waals surface area contributed by atoms with E-state index in [1.807, 2.05) is 43.7 Å². The predicted octanol–water partition coefficient (Wildman–Crippen LogP) is 4.68. The van der Waals surface area contributed by atoms with Crippen molar-refractivity contribution in [2.45, 2.75) is 26.4 Å². The number of fused-ring (bicyclic) bond motifs is 1. The Bertz CT molecular complexity index is 1360. The maximum Gasteiger partial charge on any atom is 0.410 e. The van der Waals surface area contributed by atoms with E-state index in [1.165, 1.54) is 12.4 Å². The number of anilines is 1. The predicted molar refractivity (Wildman–Crippen MR) is 132 cm³/mol. The molecule has 0 bridgehead atoms. The van der Waals surface area contributed by atoms with Crippen molar-refractivity contribution >= 4 is 22.8 Å². The van der Waals surface area contributed by atoms with Gasteiger partial charge < -0.3 is 19.1 Å². The van der Waals surface area contributed by atoms with Crippen LogP contribution in [0.4, 0.5) is 15.0 Å². The van der Waals surface area contributed by atoms with E-state index < -0.39 is 5.60 Å². The van der Waals surface area contributed by atoms with Crippen LogP contribution < -0.4 is 4.90 Å². The fourth-order valence-electron chi connectivity index (χ4n) is 4.34. The number of hydrogen-bond donors (Lipinski definition) is 0. The van der Waals surface area contributed by atoms with Crippen molar-refractivity contribution in [3.63, 3.8) is 0 Å². The van der Waals surface area contributed by atoms with Crippen molar-refractivity contribution in [1.82, 2.24) is 24.4 Å². The molecule has 0 unspecified atom stereocenters. The first-order valence-electron chi connectivity index (χ1n) is 11.5. The van der Waals surface area contributed by atoms with Crippen molar-refractivity contribution in [2.24, 2.45) is 0 Å². The molecule has 0 atom stereocenters. The number of hydrogen-bond acceptors (Lipinski definition) is 6. The molecule has 1 amide bonds. The Labute approximate surface area is 203 Å². The van der Waals surface area contributed by atoms with Crippen LogP contribution in [-0.4, -0.2) is 62.3 Å². The van der Waals surface area contributed by atoms with E-state index in [9.17, 15) is 9.18 Å². The smallest absolute Gasteiger partial charge is 0.410 e. The summed E-state index contributed by atoms with van der Waals surface area (Å²) in [6.45, 7) is 7.77. The first-order chi connectivity index (χ1) is 16.8. The molecule has 1 aliphatic heterocycles. The molecule has 4 heterocycles. The van der Waals surface area contributed by atoms with E-state index in [0.717, 1.165) is 28.0 Å². The number of nitrogens with zero attached hydrogens (tertiary/aromatic N) is 6. The number of aromatic nitrogens is 4. The van der Waals surface area contributed by atoms with Crippen molar-refractivity contribution < 1.29 is 13.9 Å². The van der Waals surface area contributed by atoms with Crippen molar-refractivity contribution in [3.8, 4) is 16.8 Å². The molecule has 4 aromatic rings. The number of rotatable bonds is 3. The fraction of sp³-hybridized carbons (Fsp3) is 0.308. The van der Waals surface area contributed by atoms with Gasteiger partial charge in [0.25, 0.3) is 0 Å². The molecule has 3 aromatic heterocycles. The first kappa shape index (κ1) is 22.8. The molecule has 35 heavy (non-hydrogen) atoms. The average molecular weight is 475 g/mol. The van der Waals surface area contributed by atoms with Gasteiger partial charge in [-0.1, -0.05) is 18.2 Å². The van der Waals surface area contributed by atoms with Gasteiger partial charge in [0.2, 0.25) is 0 Å². The molecule has 9 heteroatoms. The number of pyridine rings is 1. The molecule has 5 rings (SSSR count). The van der Waals surface area contributed by atoms with Crippen LogP contribution in [0.5, 0.6) is 0 Å². The number of carbonyl (C=O) groups is 1. The Kier molecular flexibility index (Phi) is 5.84. The second-order valence-electron chi connectivity index (χ2n) is 9.47. The second kappa shape index (κ2) is 8.98. The molecule has 0 saturated carbocycles. The van der Waals surface area contributed by atoms with Crippen molar-refractivity contribution in [3.05, 3.63) is 67.3 Å². The Balaban J connectivity index is 1.56. The molecule has 0 N–H and O–H groups in total. The second-order valence-corrected chi connectivity index (χ2v) is 9.47. The first-order valence-corrected chi connectivity index (χ1v) is 11.5. The third kappa shape index (κ3) is 4.53. The third-order valence-corrected chi connectivity index (χ3v) is 5.92. The third-order valence-electron chi connectivity index (χ3n) is 5.92. The van der Waals surface area contributed by atoms with Crippen LogP contribution in [0.25, 0.3) is 27.7 Å². The van der Waals surface area contributed by atoms with Crippen LogP contribution in [0.15, 0.2) is 61.4 Å². The monoisotopic (exact) mass is 474 g/mol. The minimum Gasteiger partial charge on any atom is -0.444 e. The van der Waals surface area contributed by atoms with Gasteiger partial charge in [0.15, 0.2) is 0 Å². The van der Waals surface area contributed by atoms with Gasteiger partial charge >= 0.3 is 6.09 Å². The summed E-state index contributed by atoms with van der Waals surface area (Å²) >= 11 is 0. The number of benzene rings is 1. The van der Waals surface area contributed by atoms with Gasteiger partial charge in [0.05, 0.1) is 29.0 Å². The highest BCUT2D eigenvalue weighted by molar-refractivity contribution is 6.04. The molecule has 0 aliphatic carbocycles. The number of halogens is 1. The molecule has 1 aromatic carbocycles. The number of piperazine rings is 1. The number of carbonyl (C=O) groups excluding carboxylic acids is 1. The van der Waals surface area contributed by atoms with Crippen LogP contribution in [-0.2, 0) is 4.74 Å². The molecule has 180 valence electrons. The van der Waals surface area contributed by atoms with Crippen LogP contribution in [0, 0.1) is 5.82 Å². The Morgan fingerprint density at radius 3 is 2.40 bits per heavy atom. The van der Waals surface area contributed by atoms with Crippen LogP contribution >= 0.6 is 0 Å². The lowest BCUT2D eigenvalue weighted by atomic mass is 10.0. The van der Waals surface area contributed by atoms with Gasteiger partial charge in [-0.15, -0.1) is 0 Å². The summed E-state index contributed by atoms with van der Waals surface area (Å²) in [7, 11) is 0. The lowest BCUT2D eigenvalue weighted by molar-refractivity contribution is 0.0240. The molecule has 1 fully saturated rings. The minimum atomic E-state index is -0.542.